The fourth-order valence-electron chi connectivity index (χ4n) is 3.17. The third-order valence-corrected chi connectivity index (χ3v) is 4.75. The summed E-state index contributed by atoms with van der Waals surface area (Å²) in [5.41, 5.74) is -0.0941. The van der Waals surface area contributed by atoms with Crippen molar-refractivity contribution in [3.8, 4) is 0 Å². The molecule has 1 aliphatic carbocycles. The van der Waals surface area contributed by atoms with E-state index in [1.165, 1.54) is 24.6 Å². The molecule has 1 aromatic rings. The number of benzene rings is 1. The first-order valence-electron chi connectivity index (χ1n) is 8.03. The SMILES string of the molecule is O=C(NC[C@@H]1COC2(CCCCC2)O1)c1cc([N+](=O)[O-])ccc1Cl. The molecule has 1 spiro atoms. The molecule has 1 saturated carbocycles. The van der Waals surface area contributed by atoms with Gasteiger partial charge in [0.1, 0.15) is 6.10 Å². The van der Waals surface area contributed by atoms with E-state index >= 15 is 0 Å². The first-order valence-corrected chi connectivity index (χ1v) is 8.41. The van der Waals surface area contributed by atoms with E-state index in [2.05, 4.69) is 5.32 Å². The van der Waals surface area contributed by atoms with E-state index in [4.69, 9.17) is 21.1 Å². The van der Waals surface area contributed by atoms with Crippen LogP contribution in [0, 0.1) is 10.1 Å². The smallest absolute Gasteiger partial charge is 0.270 e. The molecule has 2 fully saturated rings. The molecule has 0 bridgehead atoms. The Bertz CT molecular complexity index is 645. The van der Waals surface area contributed by atoms with Gasteiger partial charge in [0.25, 0.3) is 11.6 Å². The normalized spacial score (nSPS) is 22.5. The standard InChI is InChI=1S/C16H19ClN2O5/c17-14-5-4-11(19(21)22)8-13(14)15(20)18-9-12-10-23-16(24-12)6-2-1-3-7-16/h4-5,8,12H,1-3,6-7,9-10H2,(H,18,20)/t12-/m1/s1. The number of hydrogen-bond donors (Lipinski definition) is 1. The summed E-state index contributed by atoms with van der Waals surface area (Å²) in [6.45, 7) is 0.711. The summed E-state index contributed by atoms with van der Waals surface area (Å²) in [7, 11) is 0. The van der Waals surface area contributed by atoms with Crippen LogP contribution in [0.2, 0.25) is 5.02 Å². The van der Waals surface area contributed by atoms with Crippen molar-refractivity contribution in [1.82, 2.24) is 5.32 Å². The Hall–Kier alpha value is -1.70. The number of non-ortho nitro benzene ring substituents is 1. The average molecular weight is 355 g/mol. The van der Waals surface area contributed by atoms with Crippen LogP contribution in [0.15, 0.2) is 18.2 Å². The van der Waals surface area contributed by atoms with E-state index in [1.807, 2.05) is 0 Å². The van der Waals surface area contributed by atoms with Gasteiger partial charge in [0.15, 0.2) is 5.79 Å². The summed E-state index contributed by atoms with van der Waals surface area (Å²) in [4.78, 5) is 22.5. The molecule has 1 aromatic carbocycles. The van der Waals surface area contributed by atoms with Gasteiger partial charge in [0, 0.05) is 31.5 Å². The Balaban J connectivity index is 1.58. The lowest BCUT2D eigenvalue weighted by Crippen LogP contribution is -2.37. The highest BCUT2D eigenvalue weighted by Crippen LogP contribution is 2.37. The minimum absolute atomic E-state index is 0.0807. The summed E-state index contributed by atoms with van der Waals surface area (Å²) in [5, 5.41) is 13.7. The molecule has 24 heavy (non-hydrogen) atoms. The highest BCUT2D eigenvalue weighted by molar-refractivity contribution is 6.33. The zero-order chi connectivity index (χ0) is 17.2. The predicted molar refractivity (Wildman–Crippen MR) is 87.1 cm³/mol. The highest BCUT2D eigenvalue weighted by atomic mass is 35.5. The van der Waals surface area contributed by atoms with Gasteiger partial charge in [0.2, 0.25) is 0 Å². The second kappa shape index (κ2) is 7.04. The molecule has 8 heteroatoms. The van der Waals surface area contributed by atoms with Crippen molar-refractivity contribution in [3.63, 3.8) is 0 Å². The second-order valence-corrected chi connectivity index (χ2v) is 6.56. The van der Waals surface area contributed by atoms with Crippen LogP contribution in [0.3, 0.4) is 0 Å². The van der Waals surface area contributed by atoms with Crippen molar-refractivity contribution in [1.29, 1.82) is 0 Å². The van der Waals surface area contributed by atoms with Crippen LogP contribution in [0.5, 0.6) is 0 Å². The van der Waals surface area contributed by atoms with Gasteiger partial charge in [-0.25, -0.2) is 0 Å². The molecule has 0 unspecified atom stereocenters. The molecule has 1 N–H and O–H groups in total. The monoisotopic (exact) mass is 354 g/mol. The molecular formula is C16H19ClN2O5. The number of nitrogens with zero attached hydrogens (tertiary/aromatic N) is 1. The highest BCUT2D eigenvalue weighted by Gasteiger charge is 2.42. The Morgan fingerprint density at radius 3 is 2.83 bits per heavy atom. The van der Waals surface area contributed by atoms with Crippen molar-refractivity contribution in [2.75, 3.05) is 13.2 Å². The van der Waals surface area contributed by atoms with E-state index < -0.39 is 16.6 Å². The van der Waals surface area contributed by atoms with Crippen LogP contribution in [0.1, 0.15) is 42.5 Å². The van der Waals surface area contributed by atoms with Crippen molar-refractivity contribution in [3.05, 3.63) is 38.9 Å². The van der Waals surface area contributed by atoms with Gasteiger partial charge in [0.05, 0.1) is 22.1 Å². The number of rotatable bonds is 4. The van der Waals surface area contributed by atoms with Crippen LogP contribution < -0.4 is 5.32 Å². The molecule has 2 aliphatic rings. The van der Waals surface area contributed by atoms with Gasteiger partial charge in [-0.3, -0.25) is 14.9 Å². The molecule has 3 rings (SSSR count). The van der Waals surface area contributed by atoms with Crippen LogP contribution in [0.4, 0.5) is 5.69 Å². The number of hydrogen-bond acceptors (Lipinski definition) is 5. The minimum Gasteiger partial charge on any atom is -0.349 e. The fraction of sp³-hybridized carbons (Fsp3) is 0.562. The number of carbonyl (C=O) groups excluding carboxylic acids is 1. The molecular weight excluding hydrogens is 336 g/mol. The van der Waals surface area contributed by atoms with Gasteiger partial charge >= 0.3 is 0 Å². The lowest BCUT2D eigenvalue weighted by atomic mass is 9.94. The summed E-state index contributed by atoms with van der Waals surface area (Å²) >= 11 is 5.97. The molecule has 1 atom stereocenters. The minimum atomic E-state index is -0.562. The van der Waals surface area contributed by atoms with Gasteiger partial charge < -0.3 is 14.8 Å². The Labute approximate surface area is 144 Å². The number of nitro benzene ring substituents is 1. The Morgan fingerprint density at radius 1 is 1.38 bits per heavy atom. The topological polar surface area (TPSA) is 90.7 Å². The Morgan fingerprint density at radius 2 is 2.12 bits per heavy atom. The van der Waals surface area contributed by atoms with E-state index in [0.29, 0.717) is 6.61 Å². The molecule has 1 saturated heterocycles. The zero-order valence-corrected chi connectivity index (χ0v) is 13.9. The van der Waals surface area contributed by atoms with Gasteiger partial charge in [-0.05, 0) is 18.9 Å². The zero-order valence-electron chi connectivity index (χ0n) is 13.1. The second-order valence-electron chi connectivity index (χ2n) is 6.15. The third kappa shape index (κ3) is 3.68. The molecule has 0 aromatic heterocycles. The van der Waals surface area contributed by atoms with Crippen LogP contribution in [-0.4, -0.2) is 35.9 Å². The predicted octanol–water partition coefficient (Wildman–Crippen LogP) is 3.05. The maximum Gasteiger partial charge on any atom is 0.270 e. The van der Waals surface area contributed by atoms with Crippen LogP contribution >= 0.6 is 11.6 Å². The number of ether oxygens (including phenoxy) is 2. The first kappa shape index (κ1) is 17.1. The molecule has 1 amide bonds. The third-order valence-electron chi connectivity index (χ3n) is 4.42. The van der Waals surface area contributed by atoms with Crippen molar-refractivity contribution in [2.24, 2.45) is 0 Å². The number of nitro groups is 1. The van der Waals surface area contributed by atoms with Crippen LogP contribution in [0.25, 0.3) is 0 Å². The van der Waals surface area contributed by atoms with Gasteiger partial charge in [-0.1, -0.05) is 18.0 Å². The van der Waals surface area contributed by atoms with Crippen molar-refractivity contribution < 1.29 is 19.2 Å². The van der Waals surface area contributed by atoms with Crippen molar-refractivity contribution in [2.45, 2.75) is 44.0 Å². The number of halogens is 1. The van der Waals surface area contributed by atoms with Gasteiger partial charge in [-0.2, -0.15) is 0 Å². The summed E-state index contributed by atoms with van der Waals surface area (Å²) < 4.78 is 11.8. The number of amides is 1. The van der Waals surface area contributed by atoms with Gasteiger partial charge in [-0.15, -0.1) is 0 Å². The van der Waals surface area contributed by atoms with Crippen LogP contribution in [-0.2, 0) is 9.47 Å². The largest absolute Gasteiger partial charge is 0.349 e. The lowest BCUT2D eigenvalue weighted by Gasteiger charge is -2.31. The number of nitrogens with one attached hydrogen (secondary N) is 1. The lowest BCUT2D eigenvalue weighted by molar-refractivity contribution is -0.384. The first-order chi connectivity index (χ1) is 11.5. The van der Waals surface area contributed by atoms with Crippen molar-refractivity contribution >= 4 is 23.2 Å². The van der Waals surface area contributed by atoms with E-state index in [9.17, 15) is 14.9 Å². The maximum absolute atomic E-state index is 12.3. The summed E-state index contributed by atoms with van der Waals surface area (Å²) in [6, 6.07) is 3.78. The summed E-state index contributed by atoms with van der Waals surface area (Å²) in [5.74, 6) is -0.950. The number of carbonyl (C=O) groups is 1. The van der Waals surface area contributed by atoms with E-state index in [1.54, 1.807) is 0 Å². The maximum atomic E-state index is 12.3. The van der Waals surface area contributed by atoms with E-state index in [0.717, 1.165) is 25.7 Å². The molecule has 130 valence electrons. The molecule has 1 aliphatic heterocycles. The molecule has 1 heterocycles. The fourth-order valence-corrected chi connectivity index (χ4v) is 3.38. The van der Waals surface area contributed by atoms with E-state index in [-0.39, 0.29) is 28.9 Å². The quantitative estimate of drug-likeness (QED) is 0.662. The Kier molecular flexibility index (Phi) is 5.03. The molecule has 7 nitrogen and oxygen atoms in total. The average Bonchev–Trinajstić information content (AvgIpc) is 2.96. The summed E-state index contributed by atoms with van der Waals surface area (Å²) in [6.07, 6.45) is 4.92. The molecule has 0 radical (unpaired) electrons.